The Kier molecular flexibility index (Phi) is 3.13. The summed E-state index contributed by atoms with van der Waals surface area (Å²) in [6, 6.07) is 8.75. The molecule has 0 spiro atoms. The summed E-state index contributed by atoms with van der Waals surface area (Å²) >= 11 is 0. The summed E-state index contributed by atoms with van der Waals surface area (Å²) in [4.78, 5) is 22.4. The number of benzene rings is 1. The lowest BCUT2D eigenvalue weighted by Gasteiger charge is -2.27. The number of amides is 1. The predicted octanol–water partition coefficient (Wildman–Crippen LogP) is 1.55. The van der Waals surface area contributed by atoms with Gasteiger partial charge >= 0.3 is 0 Å². The molecule has 1 amide bonds. The number of carbonyl (C=O) groups excluding carboxylic acids is 1. The Balaban J connectivity index is 1.80. The monoisotopic (exact) mass is 264 g/mol. The lowest BCUT2D eigenvalue weighted by atomic mass is 10.1. The third-order valence-electron chi connectivity index (χ3n) is 3.41. The highest BCUT2D eigenvalue weighted by atomic mass is 16.2. The van der Waals surface area contributed by atoms with Gasteiger partial charge in [0.2, 0.25) is 0 Å². The van der Waals surface area contributed by atoms with Crippen molar-refractivity contribution in [1.82, 2.24) is 14.9 Å². The smallest absolute Gasteiger partial charge is 0.254 e. The Morgan fingerprint density at radius 3 is 2.85 bits per heavy atom. The molecule has 5 heteroatoms. The Bertz CT molecular complexity index is 688. The molecule has 3 rings (SSSR count). The molecule has 0 N–H and O–H groups in total. The van der Waals surface area contributed by atoms with Crippen LogP contribution in [0.15, 0.2) is 36.8 Å². The van der Waals surface area contributed by atoms with Crippen molar-refractivity contribution in [1.29, 1.82) is 5.26 Å². The van der Waals surface area contributed by atoms with Crippen molar-refractivity contribution in [3.05, 3.63) is 59.2 Å². The summed E-state index contributed by atoms with van der Waals surface area (Å²) in [6.07, 6.45) is 4.05. The molecule has 0 radical (unpaired) electrons. The van der Waals surface area contributed by atoms with Crippen LogP contribution in [-0.4, -0.2) is 27.3 Å². The lowest BCUT2D eigenvalue weighted by Crippen LogP contribution is -2.36. The number of fused-ring (bicyclic) bond motifs is 1. The zero-order valence-corrected chi connectivity index (χ0v) is 10.8. The maximum Gasteiger partial charge on any atom is 0.254 e. The Morgan fingerprint density at radius 1 is 1.30 bits per heavy atom. The maximum absolute atomic E-state index is 12.4. The van der Waals surface area contributed by atoms with Crippen LogP contribution in [0, 0.1) is 11.3 Å². The number of nitrogens with zero attached hydrogens (tertiary/aromatic N) is 4. The molecule has 1 aliphatic heterocycles. The number of aromatic nitrogens is 2. The van der Waals surface area contributed by atoms with Crippen molar-refractivity contribution in [3.63, 3.8) is 0 Å². The van der Waals surface area contributed by atoms with E-state index in [2.05, 4.69) is 9.97 Å². The second kappa shape index (κ2) is 5.10. The molecule has 0 fully saturated rings. The molecule has 0 bridgehead atoms. The van der Waals surface area contributed by atoms with E-state index in [1.165, 1.54) is 6.33 Å². The molecule has 0 saturated heterocycles. The standard InChI is InChI=1S/C15H12N4O/c16-7-11-1-3-12(4-2-11)15(20)19-6-5-14-13(9-19)8-17-10-18-14/h1-4,8,10H,5-6,9H2. The lowest BCUT2D eigenvalue weighted by molar-refractivity contribution is 0.0733. The van der Waals surface area contributed by atoms with Gasteiger partial charge in [0, 0.05) is 36.8 Å². The third kappa shape index (κ3) is 2.24. The molecule has 1 aliphatic rings. The number of rotatable bonds is 1. The average molecular weight is 264 g/mol. The van der Waals surface area contributed by atoms with Crippen LogP contribution >= 0.6 is 0 Å². The van der Waals surface area contributed by atoms with E-state index in [4.69, 9.17) is 5.26 Å². The molecule has 5 nitrogen and oxygen atoms in total. The Hall–Kier alpha value is -2.74. The van der Waals surface area contributed by atoms with Gasteiger partial charge in [-0.3, -0.25) is 4.79 Å². The number of hydrogen-bond acceptors (Lipinski definition) is 4. The van der Waals surface area contributed by atoms with Crippen LogP contribution in [-0.2, 0) is 13.0 Å². The first-order chi connectivity index (χ1) is 9.78. The quantitative estimate of drug-likeness (QED) is 0.783. The van der Waals surface area contributed by atoms with Crippen LogP contribution < -0.4 is 0 Å². The van der Waals surface area contributed by atoms with Crippen molar-refractivity contribution >= 4 is 5.91 Å². The van der Waals surface area contributed by atoms with E-state index in [1.807, 2.05) is 6.07 Å². The van der Waals surface area contributed by atoms with E-state index < -0.39 is 0 Å². The van der Waals surface area contributed by atoms with E-state index in [-0.39, 0.29) is 5.91 Å². The fourth-order valence-corrected chi connectivity index (χ4v) is 2.31. The topological polar surface area (TPSA) is 69.9 Å². The first-order valence-electron chi connectivity index (χ1n) is 6.35. The third-order valence-corrected chi connectivity index (χ3v) is 3.41. The summed E-state index contributed by atoms with van der Waals surface area (Å²) in [6.45, 7) is 1.19. The molecular weight excluding hydrogens is 252 g/mol. The predicted molar refractivity (Wildman–Crippen MR) is 71.6 cm³/mol. The molecule has 0 unspecified atom stereocenters. The first-order valence-corrected chi connectivity index (χ1v) is 6.35. The number of nitriles is 1. The number of carbonyl (C=O) groups is 1. The van der Waals surface area contributed by atoms with Crippen LogP contribution in [0.25, 0.3) is 0 Å². The van der Waals surface area contributed by atoms with Crippen molar-refractivity contribution in [3.8, 4) is 6.07 Å². The summed E-state index contributed by atoms with van der Waals surface area (Å²) in [5.41, 5.74) is 3.17. The maximum atomic E-state index is 12.4. The van der Waals surface area contributed by atoms with Gasteiger partial charge in [-0.05, 0) is 24.3 Å². The molecule has 0 aliphatic carbocycles. The highest BCUT2D eigenvalue weighted by molar-refractivity contribution is 5.94. The van der Waals surface area contributed by atoms with E-state index in [0.29, 0.717) is 24.2 Å². The summed E-state index contributed by atoms with van der Waals surface area (Å²) in [7, 11) is 0. The normalized spacial score (nSPS) is 13.4. The fourth-order valence-electron chi connectivity index (χ4n) is 2.31. The molecule has 20 heavy (non-hydrogen) atoms. The van der Waals surface area contributed by atoms with Gasteiger partial charge in [0.1, 0.15) is 6.33 Å². The largest absolute Gasteiger partial charge is 0.334 e. The number of hydrogen-bond donors (Lipinski definition) is 0. The zero-order valence-electron chi connectivity index (χ0n) is 10.8. The van der Waals surface area contributed by atoms with Crippen molar-refractivity contribution in [2.24, 2.45) is 0 Å². The minimum Gasteiger partial charge on any atom is -0.334 e. The first kappa shape index (κ1) is 12.3. The van der Waals surface area contributed by atoms with Gasteiger partial charge < -0.3 is 4.90 Å². The van der Waals surface area contributed by atoms with Crippen molar-refractivity contribution < 1.29 is 4.79 Å². The van der Waals surface area contributed by atoms with Gasteiger partial charge in [0.25, 0.3) is 5.91 Å². The Labute approximate surface area is 116 Å². The average Bonchev–Trinajstić information content (AvgIpc) is 2.54. The highest BCUT2D eigenvalue weighted by Gasteiger charge is 2.22. The van der Waals surface area contributed by atoms with E-state index >= 15 is 0 Å². The zero-order chi connectivity index (χ0) is 13.9. The van der Waals surface area contributed by atoms with E-state index in [0.717, 1.165) is 17.7 Å². The van der Waals surface area contributed by atoms with E-state index in [9.17, 15) is 4.79 Å². The van der Waals surface area contributed by atoms with Gasteiger partial charge in [-0.1, -0.05) is 0 Å². The minimum absolute atomic E-state index is 0.0241. The van der Waals surface area contributed by atoms with Gasteiger partial charge in [0.15, 0.2) is 0 Å². The summed E-state index contributed by atoms with van der Waals surface area (Å²) in [5.74, 6) is -0.0241. The van der Waals surface area contributed by atoms with Crippen LogP contribution in [0.4, 0.5) is 0 Å². The van der Waals surface area contributed by atoms with Crippen molar-refractivity contribution in [2.45, 2.75) is 13.0 Å². The van der Waals surface area contributed by atoms with Crippen LogP contribution in [0.1, 0.15) is 27.2 Å². The van der Waals surface area contributed by atoms with Crippen LogP contribution in [0.3, 0.4) is 0 Å². The van der Waals surface area contributed by atoms with Crippen molar-refractivity contribution in [2.75, 3.05) is 6.54 Å². The van der Waals surface area contributed by atoms with E-state index in [1.54, 1.807) is 35.4 Å². The molecule has 1 aromatic heterocycles. The fraction of sp³-hybridized carbons (Fsp3) is 0.200. The minimum atomic E-state index is -0.0241. The molecule has 2 heterocycles. The second-order valence-electron chi connectivity index (χ2n) is 4.66. The Morgan fingerprint density at radius 2 is 2.10 bits per heavy atom. The molecule has 1 aromatic carbocycles. The molecule has 0 atom stereocenters. The summed E-state index contributed by atoms with van der Waals surface area (Å²) in [5, 5.41) is 8.77. The molecule has 0 saturated carbocycles. The molecule has 98 valence electrons. The molecule has 2 aromatic rings. The van der Waals surface area contributed by atoms with Gasteiger partial charge in [-0.15, -0.1) is 0 Å². The van der Waals surface area contributed by atoms with Crippen LogP contribution in [0.5, 0.6) is 0 Å². The molecular formula is C15H12N4O. The van der Waals surface area contributed by atoms with Crippen LogP contribution in [0.2, 0.25) is 0 Å². The summed E-state index contributed by atoms with van der Waals surface area (Å²) < 4.78 is 0. The highest BCUT2D eigenvalue weighted by Crippen LogP contribution is 2.18. The SMILES string of the molecule is N#Cc1ccc(C(=O)N2CCc3ncncc3C2)cc1. The van der Waals surface area contributed by atoms with Gasteiger partial charge in [-0.25, -0.2) is 9.97 Å². The second-order valence-corrected chi connectivity index (χ2v) is 4.66. The van der Waals surface area contributed by atoms with Gasteiger partial charge in [0.05, 0.1) is 17.3 Å². The van der Waals surface area contributed by atoms with Gasteiger partial charge in [-0.2, -0.15) is 5.26 Å².